The molecular weight excluding hydrogens is 788 g/mol. The van der Waals surface area contributed by atoms with E-state index in [1.54, 1.807) is 0 Å². The van der Waals surface area contributed by atoms with Crippen LogP contribution in [0.3, 0.4) is 0 Å². The van der Waals surface area contributed by atoms with Gasteiger partial charge in [0, 0.05) is 34.1 Å². The first-order valence-electron chi connectivity index (χ1n) is 23.1. The van der Waals surface area contributed by atoms with Gasteiger partial charge >= 0.3 is 0 Å². The molecule has 64 heavy (non-hydrogen) atoms. The number of nitrogens with zero attached hydrogens (tertiary/aromatic N) is 2. The molecule has 0 fully saturated rings. The normalized spacial score (nSPS) is 14.7. The Morgan fingerprint density at radius 3 is 1.48 bits per heavy atom. The standard InChI is InChI=1S/C60H57BN2Si/c1-58(2,3)42-35-43(59(4,5)6)37-45(36-42)62-51-34-41(40-22-13-10-14-23-40)32-33-48(51)61-49-28-21-31-55-57(49)63(53-39-44(60(7,8)9)38-52(62)56(53)61)50-29-19-20-30-54(50)64(55,46-24-15-11-16-25-46)47-26-17-12-18-27-47/h10-39H,1-9H3. The summed E-state index contributed by atoms with van der Waals surface area (Å²) in [4.78, 5) is 5.34. The summed E-state index contributed by atoms with van der Waals surface area (Å²) in [5, 5.41) is 5.70. The third-order valence-electron chi connectivity index (χ3n) is 14.3. The highest BCUT2D eigenvalue weighted by molar-refractivity contribution is 7.22. The maximum atomic E-state index is 2.69. The predicted molar refractivity (Wildman–Crippen MR) is 279 cm³/mol. The van der Waals surface area contributed by atoms with Crippen molar-refractivity contribution in [1.82, 2.24) is 0 Å². The smallest absolute Gasteiger partial charge is 0.252 e. The molecule has 0 atom stereocenters. The van der Waals surface area contributed by atoms with Gasteiger partial charge in [0.2, 0.25) is 0 Å². The lowest BCUT2D eigenvalue weighted by Gasteiger charge is -2.51. The van der Waals surface area contributed by atoms with Crippen LogP contribution in [0.15, 0.2) is 182 Å². The number of rotatable bonds is 4. The molecule has 0 amide bonds. The van der Waals surface area contributed by atoms with Gasteiger partial charge in [0.1, 0.15) is 0 Å². The first-order chi connectivity index (χ1) is 30.7. The van der Waals surface area contributed by atoms with Gasteiger partial charge < -0.3 is 9.80 Å². The fourth-order valence-electron chi connectivity index (χ4n) is 11.0. The van der Waals surface area contributed by atoms with Gasteiger partial charge in [0.25, 0.3) is 6.71 Å². The van der Waals surface area contributed by atoms with E-state index in [4.69, 9.17) is 0 Å². The van der Waals surface area contributed by atoms with Gasteiger partial charge in [0.05, 0.1) is 0 Å². The second kappa shape index (κ2) is 14.3. The Hall–Kier alpha value is -6.36. The topological polar surface area (TPSA) is 6.48 Å². The molecule has 0 aromatic heterocycles. The van der Waals surface area contributed by atoms with Crippen LogP contribution in [0.5, 0.6) is 0 Å². The minimum Gasteiger partial charge on any atom is -0.312 e. The Bertz CT molecular complexity index is 3050. The Morgan fingerprint density at radius 1 is 0.375 bits per heavy atom. The van der Waals surface area contributed by atoms with E-state index >= 15 is 0 Å². The van der Waals surface area contributed by atoms with Crippen molar-refractivity contribution in [1.29, 1.82) is 0 Å². The summed E-state index contributed by atoms with van der Waals surface area (Å²) < 4.78 is 0. The molecule has 3 aliphatic rings. The molecule has 0 radical (unpaired) electrons. The van der Waals surface area contributed by atoms with E-state index in [-0.39, 0.29) is 23.0 Å². The highest BCUT2D eigenvalue weighted by Gasteiger charge is 2.53. The van der Waals surface area contributed by atoms with Gasteiger partial charge in [-0.2, -0.15) is 0 Å². The molecule has 3 aliphatic heterocycles. The van der Waals surface area contributed by atoms with Crippen LogP contribution in [0.2, 0.25) is 0 Å². The van der Waals surface area contributed by atoms with Crippen LogP contribution >= 0.6 is 0 Å². The highest BCUT2D eigenvalue weighted by atomic mass is 28.3. The van der Waals surface area contributed by atoms with Gasteiger partial charge in [0.15, 0.2) is 8.07 Å². The molecule has 0 saturated carbocycles. The van der Waals surface area contributed by atoms with Crippen molar-refractivity contribution in [2.75, 3.05) is 9.80 Å². The van der Waals surface area contributed by atoms with Crippen molar-refractivity contribution >= 4 is 86.0 Å². The van der Waals surface area contributed by atoms with Crippen LogP contribution in [-0.2, 0) is 16.2 Å². The molecule has 314 valence electrons. The zero-order chi connectivity index (χ0) is 44.3. The van der Waals surface area contributed by atoms with E-state index in [0.717, 1.165) is 0 Å². The average Bonchev–Trinajstić information content (AvgIpc) is 3.29. The van der Waals surface area contributed by atoms with Crippen LogP contribution < -0.4 is 46.9 Å². The molecule has 0 unspecified atom stereocenters. The summed E-state index contributed by atoms with van der Waals surface area (Å²) in [5.74, 6) is 0. The monoisotopic (exact) mass is 844 g/mol. The minimum absolute atomic E-state index is 0.0117. The number of anilines is 6. The minimum atomic E-state index is -2.85. The van der Waals surface area contributed by atoms with Crippen molar-refractivity contribution in [3.05, 3.63) is 199 Å². The van der Waals surface area contributed by atoms with E-state index in [0.29, 0.717) is 0 Å². The van der Waals surface area contributed by atoms with Gasteiger partial charge in [-0.1, -0.05) is 208 Å². The average molecular weight is 845 g/mol. The molecular formula is C60H57BN2Si. The second-order valence-corrected chi connectivity index (χ2v) is 25.2. The van der Waals surface area contributed by atoms with Crippen LogP contribution in [0.4, 0.5) is 34.1 Å². The maximum Gasteiger partial charge on any atom is 0.252 e. The maximum absolute atomic E-state index is 2.85. The van der Waals surface area contributed by atoms with Crippen molar-refractivity contribution < 1.29 is 0 Å². The number of benzene rings is 8. The first-order valence-corrected chi connectivity index (χ1v) is 25.1. The van der Waals surface area contributed by atoms with E-state index in [1.807, 2.05) is 0 Å². The summed E-state index contributed by atoms with van der Waals surface area (Å²) >= 11 is 0. The van der Waals surface area contributed by atoms with Gasteiger partial charge in [-0.25, -0.2) is 0 Å². The first kappa shape index (κ1) is 40.4. The van der Waals surface area contributed by atoms with Crippen LogP contribution in [0.25, 0.3) is 11.1 Å². The molecule has 0 N–H and O–H groups in total. The summed E-state index contributed by atoms with van der Waals surface area (Å²) in [6.07, 6.45) is 0. The zero-order valence-corrected chi connectivity index (χ0v) is 39.8. The van der Waals surface area contributed by atoms with Crippen molar-refractivity contribution in [3.63, 3.8) is 0 Å². The summed E-state index contributed by atoms with van der Waals surface area (Å²) in [7, 11) is -2.85. The van der Waals surface area contributed by atoms with Crippen LogP contribution in [0.1, 0.15) is 79.0 Å². The second-order valence-electron chi connectivity index (χ2n) is 21.4. The highest BCUT2D eigenvalue weighted by Crippen LogP contribution is 2.48. The lowest BCUT2D eigenvalue weighted by Crippen LogP contribution is -2.79. The van der Waals surface area contributed by atoms with E-state index in [9.17, 15) is 0 Å². The fraction of sp³-hybridized carbons (Fsp3) is 0.200. The zero-order valence-electron chi connectivity index (χ0n) is 38.8. The quantitative estimate of drug-likeness (QED) is 0.163. The lowest BCUT2D eigenvalue weighted by atomic mass is 9.33. The summed E-state index contributed by atoms with van der Waals surface area (Å²) in [5.41, 5.74) is 18.0. The number of hydrogen-bond donors (Lipinski definition) is 0. The van der Waals surface area contributed by atoms with Gasteiger partial charge in [-0.15, -0.1) is 0 Å². The molecule has 8 aromatic rings. The third kappa shape index (κ3) is 6.05. The lowest BCUT2D eigenvalue weighted by molar-refractivity contribution is 0.569. The predicted octanol–water partition coefficient (Wildman–Crippen LogP) is 11.0. The summed E-state index contributed by atoms with van der Waals surface area (Å²) in [6.45, 7) is 21.3. The van der Waals surface area contributed by atoms with E-state index in [2.05, 4.69) is 254 Å². The SMILES string of the molecule is CC(C)(C)c1cc(N2c3cc(-c4ccccc4)ccc3B3c4cccc5c4N(c4ccccc4[Si]5(c4ccccc4)c4ccccc4)c4cc(C(C)(C)C)cc2c43)cc(C(C)(C)C)c1. The Kier molecular flexibility index (Phi) is 9.05. The van der Waals surface area contributed by atoms with Gasteiger partial charge in [-0.05, 0) is 118 Å². The molecule has 0 saturated heterocycles. The molecule has 4 heteroatoms. The Morgan fingerprint density at radius 2 is 0.891 bits per heavy atom. The van der Waals surface area contributed by atoms with Gasteiger partial charge in [-0.3, -0.25) is 0 Å². The Balaban J connectivity index is 1.30. The van der Waals surface area contributed by atoms with E-state index in [1.165, 1.54) is 99.1 Å². The van der Waals surface area contributed by atoms with Crippen molar-refractivity contribution in [3.8, 4) is 11.1 Å². The number of fused-ring (bicyclic) bond motifs is 6. The van der Waals surface area contributed by atoms with Crippen molar-refractivity contribution in [2.24, 2.45) is 0 Å². The molecule has 0 spiro atoms. The molecule has 0 aliphatic carbocycles. The van der Waals surface area contributed by atoms with Crippen LogP contribution in [-0.4, -0.2) is 14.8 Å². The molecule has 2 nitrogen and oxygen atoms in total. The third-order valence-corrected chi connectivity index (χ3v) is 19.2. The molecule has 11 rings (SSSR count). The van der Waals surface area contributed by atoms with E-state index < -0.39 is 8.07 Å². The Labute approximate surface area is 382 Å². The fourth-order valence-corrected chi connectivity index (χ4v) is 16.2. The van der Waals surface area contributed by atoms with Crippen molar-refractivity contribution in [2.45, 2.75) is 78.6 Å². The van der Waals surface area contributed by atoms with Crippen LogP contribution in [0, 0.1) is 0 Å². The largest absolute Gasteiger partial charge is 0.312 e. The summed E-state index contributed by atoms with van der Waals surface area (Å²) in [6, 6.07) is 70.3. The number of hydrogen-bond acceptors (Lipinski definition) is 2. The molecule has 3 heterocycles. The molecule has 8 aromatic carbocycles. The number of para-hydroxylation sites is 2. The molecule has 0 bridgehead atoms.